The Morgan fingerprint density at radius 3 is 2.89 bits per heavy atom. The highest BCUT2D eigenvalue weighted by Crippen LogP contribution is 2.34. The second kappa shape index (κ2) is 5.16. The minimum absolute atomic E-state index is 0.0337. The zero-order valence-corrected chi connectivity index (χ0v) is 12.5. The van der Waals surface area contributed by atoms with E-state index in [1.54, 1.807) is 0 Å². The van der Waals surface area contributed by atoms with E-state index in [0.29, 0.717) is 0 Å². The highest BCUT2D eigenvalue weighted by molar-refractivity contribution is 6.20. The summed E-state index contributed by atoms with van der Waals surface area (Å²) in [6, 6.07) is 6.48. The lowest BCUT2D eigenvalue weighted by molar-refractivity contribution is 0.569. The van der Waals surface area contributed by atoms with Crippen LogP contribution < -0.4 is 0 Å². The molecule has 0 spiro atoms. The number of rotatable bonds is 5. The fourth-order valence-electron chi connectivity index (χ4n) is 2.74. The van der Waals surface area contributed by atoms with E-state index in [9.17, 15) is 0 Å². The van der Waals surface area contributed by atoms with Gasteiger partial charge in [0.15, 0.2) is 0 Å². The molecule has 1 aliphatic rings. The molecule has 0 bridgehead atoms. The van der Waals surface area contributed by atoms with Gasteiger partial charge in [-0.3, -0.25) is 0 Å². The third-order valence-electron chi connectivity index (χ3n) is 3.98. The van der Waals surface area contributed by atoms with Gasteiger partial charge in [0, 0.05) is 6.54 Å². The molecule has 1 saturated carbocycles. The molecule has 0 saturated heterocycles. The third kappa shape index (κ3) is 2.79. The molecule has 2 nitrogen and oxygen atoms in total. The van der Waals surface area contributed by atoms with Crippen LogP contribution in [0, 0.1) is 12.8 Å². The first kappa shape index (κ1) is 13.0. The first-order valence-corrected chi connectivity index (χ1v) is 7.69. The molecular weight excluding hydrogens is 256 g/mol. The van der Waals surface area contributed by atoms with Crippen molar-refractivity contribution in [2.75, 3.05) is 0 Å². The van der Waals surface area contributed by atoms with E-state index in [2.05, 4.69) is 29.7 Å². The maximum absolute atomic E-state index is 6.29. The predicted octanol–water partition coefficient (Wildman–Crippen LogP) is 4.83. The monoisotopic (exact) mass is 276 g/mol. The molecule has 3 rings (SSSR count). The van der Waals surface area contributed by atoms with E-state index in [0.717, 1.165) is 23.8 Å². The van der Waals surface area contributed by atoms with Gasteiger partial charge in [-0.2, -0.15) is 0 Å². The Balaban J connectivity index is 1.90. The van der Waals surface area contributed by atoms with Crippen LogP contribution in [0.1, 0.15) is 49.4 Å². The predicted molar refractivity (Wildman–Crippen MR) is 80.7 cm³/mol. The van der Waals surface area contributed by atoms with Gasteiger partial charge in [-0.25, -0.2) is 4.98 Å². The Morgan fingerprint density at radius 2 is 2.21 bits per heavy atom. The molecule has 19 heavy (non-hydrogen) atoms. The average molecular weight is 277 g/mol. The summed E-state index contributed by atoms with van der Waals surface area (Å²) in [6.07, 6.45) is 5.45. The first-order valence-electron chi connectivity index (χ1n) is 7.26. The molecule has 1 aromatic heterocycles. The van der Waals surface area contributed by atoms with Gasteiger partial charge >= 0.3 is 0 Å². The van der Waals surface area contributed by atoms with E-state index in [4.69, 9.17) is 16.6 Å². The lowest BCUT2D eigenvalue weighted by atomic mass is 10.2. The minimum atomic E-state index is -0.0337. The lowest BCUT2D eigenvalue weighted by Gasteiger charge is -2.10. The normalized spacial score (nSPS) is 17.0. The summed E-state index contributed by atoms with van der Waals surface area (Å²) in [4.78, 5) is 4.72. The fraction of sp³-hybridized carbons (Fsp3) is 0.562. The van der Waals surface area contributed by atoms with Gasteiger partial charge < -0.3 is 4.57 Å². The van der Waals surface area contributed by atoms with Crippen LogP contribution >= 0.6 is 11.6 Å². The van der Waals surface area contributed by atoms with Gasteiger partial charge in [-0.15, -0.1) is 11.6 Å². The molecular formula is C16H21ClN2. The summed E-state index contributed by atoms with van der Waals surface area (Å²) in [6.45, 7) is 5.16. The SMILES string of the molecule is Cc1ccc2c(c1)nc(C(C)Cl)n2CCCC1CC1. The Labute approximate surface area is 119 Å². The maximum Gasteiger partial charge on any atom is 0.127 e. The van der Waals surface area contributed by atoms with Crippen LogP contribution in [0.15, 0.2) is 18.2 Å². The van der Waals surface area contributed by atoms with Crippen LogP contribution in [-0.2, 0) is 6.54 Å². The van der Waals surface area contributed by atoms with E-state index >= 15 is 0 Å². The number of aryl methyl sites for hydroxylation is 2. The molecule has 1 unspecified atom stereocenters. The number of hydrogen-bond donors (Lipinski definition) is 0. The second-order valence-electron chi connectivity index (χ2n) is 5.82. The molecule has 0 amide bonds. The number of benzene rings is 1. The fourth-order valence-corrected chi connectivity index (χ4v) is 2.91. The van der Waals surface area contributed by atoms with Crippen molar-refractivity contribution in [1.82, 2.24) is 9.55 Å². The quantitative estimate of drug-likeness (QED) is 0.715. The molecule has 2 aromatic rings. The zero-order valence-electron chi connectivity index (χ0n) is 11.7. The van der Waals surface area contributed by atoms with Gasteiger partial charge in [0.05, 0.1) is 16.4 Å². The summed E-state index contributed by atoms with van der Waals surface area (Å²) < 4.78 is 2.31. The largest absolute Gasteiger partial charge is 0.327 e. The van der Waals surface area contributed by atoms with Gasteiger partial charge in [0.1, 0.15) is 5.82 Å². The molecule has 1 aromatic carbocycles. The molecule has 1 fully saturated rings. The number of nitrogens with zero attached hydrogens (tertiary/aromatic N) is 2. The molecule has 102 valence electrons. The highest BCUT2D eigenvalue weighted by Gasteiger charge is 2.21. The Kier molecular flexibility index (Phi) is 3.53. The second-order valence-corrected chi connectivity index (χ2v) is 6.47. The minimum Gasteiger partial charge on any atom is -0.327 e. The van der Waals surface area contributed by atoms with Gasteiger partial charge in [-0.05, 0) is 50.3 Å². The lowest BCUT2D eigenvalue weighted by Crippen LogP contribution is -2.05. The van der Waals surface area contributed by atoms with Crippen molar-refractivity contribution in [3.8, 4) is 0 Å². The molecule has 0 aliphatic heterocycles. The smallest absolute Gasteiger partial charge is 0.127 e. The number of alkyl halides is 1. The van der Waals surface area contributed by atoms with Gasteiger partial charge in [-0.1, -0.05) is 18.9 Å². The number of imidazole rings is 1. The molecule has 1 aliphatic carbocycles. The van der Waals surface area contributed by atoms with Crippen molar-refractivity contribution in [2.24, 2.45) is 5.92 Å². The third-order valence-corrected chi connectivity index (χ3v) is 4.18. The van der Waals surface area contributed by atoms with Crippen LogP contribution in [0.4, 0.5) is 0 Å². The zero-order chi connectivity index (χ0) is 13.4. The number of halogens is 1. The van der Waals surface area contributed by atoms with Crippen molar-refractivity contribution in [3.63, 3.8) is 0 Å². The standard InChI is InChI=1S/C16H21ClN2/c1-11-5-8-15-14(10-11)18-16(12(2)17)19(15)9-3-4-13-6-7-13/h5,8,10,12-13H,3-4,6-7,9H2,1-2H3. The van der Waals surface area contributed by atoms with Crippen molar-refractivity contribution >= 4 is 22.6 Å². The molecule has 1 atom stereocenters. The highest BCUT2D eigenvalue weighted by atomic mass is 35.5. The number of fused-ring (bicyclic) bond motifs is 1. The Morgan fingerprint density at radius 1 is 1.42 bits per heavy atom. The van der Waals surface area contributed by atoms with Crippen molar-refractivity contribution in [3.05, 3.63) is 29.6 Å². The summed E-state index contributed by atoms with van der Waals surface area (Å²) in [5.41, 5.74) is 3.56. The Bertz CT molecular complexity index is 582. The van der Waals surface area contributed by atoms with Crippen LogP contribution in [0.2, 0.25) is 0 Å². The average Bonchev–Trinajstić information content (AvgIpc) is 3.11. The first-order chi connectivity index (χ1) is 9.15. The van der Waals surface area contributed by atoms with E-state index in [1.165, 1.54) is 36.8 Å². The van der Waals surface area contributed by atoms with Gasteiger partial charge in [0.25, 0.3) is 0 Å². The van der Waals surface area contributed by atoms with E-state index in [1.807, 2.05) is 6.92 Å². The van der Waals surface area contributed by atoms with E-state index in [-0.39, 0.29) is 5.38 Å². The van der Waals surface area contributed by atoms with Crippen molar-refractivity contribution < 1.29 is 0 Å². The van der Waals surface area contributed by atoms with Gasteiger partial charge in [0.2, 0.25) is 0 Å². The van der Waals surface area contributed by atoms with Crippen molar-refractivity contribution in [1.29, 1.82) is 0 Å². The summed E-state index contributed by atoms with van der Waals surface area (Å²) in [7, 11) is 0. The summed E-state index contributed by atoms with van der Waals surface area (Å²) >= 11 is 6.29. The number of hydrogen-bond acceptors (Lipinski definition) is 1. The maximum atomic E-state index is 6.29. The Hall–Kier alpha value is -1.02. The van der Waals surface area contributed by atoms with Crippen LogP contribution in [0.5, 0.6) is 0 Å². The topological polar surface area (TPSA) is 17.8 Å². The van der Waals surface area contributed by atoms with Crippen LogP contribution in [0.3, 0.4) is 0 Å². The molecule has 1 heterocycles. The van der Waals surface area contributed by atoms with E-state index < -0.39 is 0 Å². The van der Waals surface area contributed by atoms with Crippen LogP contribution in [-0.4, -0.2) is 9.55 Å². The molecule has 3 heteroatoms. The van der Waals surface area contributed by atoms with Crippen molar-refractivity contribution in [2.45, 2.75) is 51.5 Å². The summed E-state index contributed by atoms with van der Waals surface area (Å²) in [5, 5.41) is -0.0337. The molecule has 0 N–H and O–H groups in total. The number of aromatic nitrogens is 2. The molecule has 0 radical (unpaired) electrons. The summed E-state index contributed by atoms with van der Waals surface area (Å²) in [5.74, 6) is 2.01. The van der Waals surface area contributed by atoms with Crippen LogP contribution in [0.25, 0.3) is 11.0 Å².